The van der Waals surface area contributed by atoms with Gasteiger partial charge in [-0.15, -0.1) is 0 Å². The number of imidazole rings is 1. The second-order valence-corrected chi connectivity index (χ2v) is 7.88. The van der Waals surface area contributed by atoms with Gasteiger partial charge in [-0.05, 0) is 44.9 Å². The van der Waals surface area contributed by atoms with E-state index in [0.29, 0.717) is 38.5 Å². The number of aryl methyl sites for hydroxylation is 1. The van der Waals surface area contributed by atoms with Gasteiger partial charge in [-0.25, -0.2) is 4.98 Å². The Kier molecular flexibility index (Phi) is 5.94. The summed E-state index contributed by atoms with van der Waals surface area (Å²) in [5.74, 6) is 0.00344. The number of nitrogens with zero attached hydrogens (tertiary/aromatic N) is 4. The van der Waals surface area contributed by atoms with Gasteiger partial charge in [0.1, 0.15) is 5.65 Å². The summed E-state index contributed by atoms with van der Waals surface area (Å²) in [4.78, 5) is 22.1. The average Bonchev–Trinajstić information content (AvgIpc) is 3.08. The highest BCUT2D eigenvalue weighted by Gasteiger charge is 2.27. The smallest absolute Gasteiger partial charge is 0.274 e. The molecule has 7 nitrogen and oxygen atoms in total. The zero-order valence-corrected chi connectivity index (χ0v) is 16.9. The summed E-state index contributed by atoms with van der Waals surface area (Å²) >= 11 is 0. The number of carbonyl (C=O) groups is 1. The minimum Gasteiger partial charge on any atom is -0.378 e. The number of fused-ring (bicyclic) bond motifs is 1. The largest absolute Gasteiger partial charge is 0.378 e. The number of aromatic nitrogens is 2. The third-order valence-electron chi connectivity index (χ3n) is 5.65. The van der Waals surface area contributed by atoms with Crippen LogP contribution in [0.3, 0.4) is 0 Å². The number of carbonyl (C=O) groups excluding carboxylic acids is 1. The summed E-state index contributed by atoms with van der Waals surface area (Å²) in [5, 5.41) is 0. The number of pyridine rings is 1. The van der Waals surface area contributed by atoms with Crippen molar-refractivity contribution < 1.29 is 14.3 Å². The van der Waals surface area contributed by atoms with Crippen LogP contribution in [0.4, 0.5) is 0 Å². The molecule has 0 N–H and O–H groups in total. The molecule has 2 aromatic rings. The van der Waals surface area contributed by atoms with Crippen LogP contribution in [0.5, 0.6) is 0 Å². The molecule has 28 heavy (non-hydrogen) atoms. The Balaban J connectivity index is 1.61. The van der Waals surface area contributed by atoms with Crippen molar-refractivity contribution in [2.75, 3.05) is 46.5 Å². The monoisotopic (exact) mass is 386 g/mol. The lowest BCUT2D eigenvalue weighted by molar-refractivity contribution is -0.00284. The number of morpholine rings is 1. The van der Waals surface area contributed by atoms with E-state index in [9.17, 15) is 4.79 Å². The zero-order valence-electron chi connectivity index (χ0n) is 16.9. The van der Waals surface area contributed by atoms with Crippen molar-refractivity contribution in [3.63, 3.8) is 0 Å². The average molecular weight is 386 g/mol. The number of amides is 1. The lowest BCUT2D eigenvalue weighted by atomic mass is 10.1. The van der Waals surface area contributed by atoms with Gasteiger partial charge in [-0.2, -0.15) is 0 Å². The molecule has 0 aliphatic carbocycles. The van der Waals surface area contributed by atoms with E-state index in [-0.39, 0.29) is 12.0 Å². The molecule has 2 aromatic heterocycles. The topological polar surface area (TPSA) is 59.3 Å². The Morgan fingerprint density at radius 1 is 1.29 bits per heavy atom. The fraction of sp³-hybridized carbons (Fsp3) is 0.619. The Hall–Kier alpha value is -1.96. The van der Waals surface area contributed by atoms with E-state index < -0.39 is 0 Å². The van der Waals surface area contributed by atoms with Crippen LogP contribution in [-0.2, 0) is 16.0 Å². The molecule has 0 bridgehead atoms. The highest BCUT2D eigenvalue weighted by atomic mass is 16.5. The molecule has 2 saturated heterocycles. The van der Waals surface area contributed by atoms with Gasteiger partial charge in [0.25, 0.3) is 5.91 Å². The fourth-order valence-electron chi connectivity index (χ4n) is 4.11. The fourth-order valence-corrected chi connectivity index (χ4v) is 4.11. The maximum Gasteiger partial charge on any atom is 0.274 e. The van der Waals surface area contributed by atoms with Crippen LogP contribution in [0.1, 0.15) is 41.0 Å². The molecule has 0 saturated carbocycles. The Morgan fingerprint density at radius 2 is 2.11 bits per heavy atom. The molecule has 1 atom stereocenters. The van der Waals surface area contributed by atoms with Crippen molar-refractivity contribution >= 4 is 11.6 Å². The first-order valence-corrected chi connectivity index (χ1v) is 10.3. The molecule has 1 amide bonds. The Morgan fingerprint density at radius 3 is 2.86 bits per heavy atom. The molecule has 0 aromatic carbocycles. The van der Waals surface area contributed by atoms with E-state index in [4.69, 9.17) is 14.5 Å². The normalized spacial score (nSPS) is 20.8. The number of hydrogen-bond donors (Lipinski definition) is 0. The van der Waals surface area contributed by atoms with Crippen molar-refractivity contribution in [3.05, 3.63) is 35.3 Å². The molecular weight excluding hydrogens is 356 g/mol. The minimum absolute atomic E-state index is 0.00344. The minimum atomic E-state index is 0.00344. The molecule has 7 heteroatoms. The lowest BCUT2D eigenvalue weighted by Crippen LogP contribution is -2.41. The van der Waals surface area contributed by atoms with Gasteiger partial charge >= 0.3 is 0 Å². The van der Waals surface area contributed by atoms with Crippen LogP contribution in [0, 0.1) is 6.92 Å². The highest BCUT2D eigenvalue weighted by Crippen LogP contribution is 2.21. The summed E-state index contributed by atoms with van der Waals surface area (Å²) in [6.45, 7) is 6.84. The number of ether oxygens (including phenoxy) is 2. The summed E-state index contributed by atoms with van der Waals surface area (Å²) in [5.41, 5.74) is 3.44. The summed E-state index contributed by atoms with van der Waals surface area (Å²) in [7, 11) is 2.09. The quantitative estimate of drug-likeness (QED) is 0.788. The van der Waals surface area contributed by atoms with Crippen molar-refractivity contribution in [2.24, 2.45) is 0 Å². The van der Waals surface area contributed by atoms with E-state index in [1.165, 1.54) is 6.42 Å². The van der Waals surface area contributed by atoms with Crippen molar-refractivity contribution in [2.45, 2.75) is 38.8 Å². The third-order valence-corrected chi connectivity index (χ3v) is 5.65. The van der Waals surface area contributed by atoms with Crippen molar-refractivity contribution in [1.29, 1.82) is 0 Å². The maximum atomic E-state index is 13.2. The van der Waals surface area contributed by atoms with Crippen LogP contribution in [0.25, 0.3) is 5.65 Å². The van der Waals surface area contributed by atoms with Crippen molar-refractivity contribution in [3.8, 4) is 0 Å². The third kappa shape index (κ3) is 4.06. The number of hydrogen-bond acceptors (Lipinski definition) is 5. The highest BCUT2D eigenvalue weighted by molar-refractivity contribution is 5.94. The summed E-state index contributed by atoms with van der Waals surface area (Å²) in [6.07, 6.45) is 5.78. The van der Waals surface area contributed by atoms with Gasteiger partial charge in [-0.3, -0.25) is 9.69 Å². The molecule has 152 valence electrons. The lowest BCUT2D eigenvalue weighted by Gasteiger charge is -2.28. The van der Waals surface area contributed by atoms with E-state index in [2.05, 4.69) is 16.3 Å². The van der Waals surface area contributed by atoms with Crippen molar-refractivity contribution in [1.82, 2.24) is 19.2 Å². The van der Waals surface area contributed by atoms with E-state index >= 15 is 0 Å². The zero-order chi connectivity index (χ0) is 19.5. The first-order valence-electron chi connectivity index (χ1n) is 10.3. The molecule has 0 radical (unpaired) electrons. The van der Waals surface area contributed by atoms with Gasteiger partial charge < -0.3 is 18.8 Å². The molecule has 4 rings (SSSR count). The molecule has 4 heterocycles. The molecule has 2 aliphatic rings. The Bertz CT molecular complexity index is 822. The second kappa shape index (κ2) is 8.59. The molecule has 1 unspecified atom stereocenters. The number of rotatable bonds is 5. The van der Waals surface area contributed by atoms with Crippen LogP contribution in [0.15, 0.2) is 18.3 Å². The van der Waals surface area contributed by atoms with Crippen LogP contribution < -0.4 is 0 Å². The van der Waals surface area contributed by atoms with Gasteiger partial charge in [0.05, 0.1) is 25.0 Å². The number of likely N-dealkylation sites (N-methyl/N-ethyl adjacent to an activating group) is 1. The van der Waals surface area contributed by atoms with E-state index in [1.807, 2.05) is 30.2 Å². The molecule has 2 fully saturated rings. The van der Waals surface area contributed by atoms with Gasteiger partial charge in [0.2, 0.25) is 0 Å². The molecule has 2 aliphatic heterocycles. The predicted octanol–water partition coefficient (Wildman–Crippen LogP) is 2.12. The standard InChI is InChI=1S/C21H30N4O3/c1-16-6-5-8-25-18(15-23(2)14-17-7-3-4-11-28-17)19(22-20(16)25)21(26)24-9-12-27-13-10-24/h5-6,8,17H,3-4,7,9-15H2,1-2H3. The predicted molar refractivity (Wildman–Crippen MR) is 107 cm³/mol. The first-order chi connectivity index (χ1) is 13.6. The van der Waals surface area contributed by atoms with Gasteiger partial charge in [0, 0.05) is 39.0 Å². The maximum absolute atomic E-state index is 13.2. The van der Waals surface area contributed by atoms with E-state index in [1.54, 1.807) is 0 Å². The molecule has 0 spiro atoms. The van der Waals surface area contributed by atoms with Crippen LogP contribution in [0.2, 0.25) is 0 Å². The summed E-state index contributed by atoms with van der Waals surface area (Å²) < 4.78 is 13.4. The first kappa shape index (κ1) is 19.4. The van der Waals surface area contributed by atoms with E-state index in [0.717, 1.165) is 42.9 Å². The summed E-state index contributed by atoms with van der Waals surface area (Å²) in [6, 6.07) is 4.05. The Labute approximate surface area is 166 Å². The van der Waals surface area contributed by atoms with Gasteiger partial charge in [-0.1, -0.05) is 6.07 Å². The van der Waals surface area contributed by atoms with Crippen LogP contribution >= 0.6 is 0 Å². The van der Waals surface area contributed by atoms with Gasteiger partial charge in [0.15, 0.2) is 5.69 Å². The second-order valence-electron chi connectivity index (χ2n) is 7.88. The van der Waals surface area contributed by atoms with Crippen LogP contribution in [-0.4, -0.2) is 77.7 Å². The molecular formula is C21H30N4O3. The SMILES string of the molecule is Cc1cccn2c(CN(C)CC3CCCCO3)c(C(=O)N3CCOCC3)nc12.